The van der Waals surface area contributed by atoms with Gasteiger partial charge in [-0.3, -0.25) is 0 Å². The maximum atomic E-state index is 5.99. The van der Waals surface area contributed by atoms with Crippen molar-refractivity contribution in [2.75, 3.05) is 13.7 Å². The van der Waals surface area contributed by atoms with Gasteiger partial charge in [-0.25, -0.2) is 0 Å². The maximum absolute atomic E-state index is 5.99. The molecule has 1 aromatic rings. The van der Waals surface area contributed by atoms with Crippen molar-refractivity contribution in [3.63, 3.8) is 0 Å². The van der Waals surface area contributed by atoms with Crippen LogP contribution in [0.15, 0.2) is 24.3 Å². The number of fused-ring (bicyclic) bond motifs is 1. The molecule has 4 nitrogen and oxygen atoms in total. The SMILES string of the molecule is COc1ccc(C[C@@H]2NC[C@H]3OC(C)(C)O[C@@H]23)cc1. The summed E-state index contributed by atoms with van der Waals surface area (Å²) in [6.45, 7) is 4.83. The fourth-order valence-corrected chi connectivity index (χ4v) is 2.95. The van der Waals surface area contributed by atoms with Gasteiger partial charge in [0.2, 0.25) is 0 Å². The summed E-state index contributed by atoms with van der Waals surface area (Å²) in [6, 6.07) is 8.53. The van der Waals surface area contributed by atoms with Gasteiger partial charge in [-0.05, 0) is 38.0 Å². The minimum Gasteiger partial charge on any atom is -0.497 e. The first kappa shape index (κ1) is 12.9. The van der Waals surface area contributed by atoms with Crippen molar-refractivity contribution in [1.82, 2.24) is 5.32 Å². The fraction of sp³-hybridized carbons (Fsp3) is 0.600. The molecule has 2 fully saturated rings. The highest BCUT2D eigenvalue weighted by Gasteiger charge is 2.48. The molecule has 4 heteroatoms. The van der Waals surface area contributed by atoms with Gasteiger partial charge in [-0.15, -0.1) is 0 Å². The molecule has 1 N–H and O–H groups in total. The number of ether oxygens (including phenoxy) is 3. The minimum atomic E-state index is -0.449. The molecule has 3 rings (SSSR count). The molecule has 0 aromatic heterocycles. The number of hydrogen-bond donors (Lipinski definition) is 1. The van der Waals surface area contributed by atoms with Crippen molar-refractivity contribution >= 4 is 0 Å². The third-order valence-corrected chi connectivity index (χ3v) is 3.81. The smallest absolute Gasteiger partial charge is 0.163 e. The van der Waals surface area contributed by atoms with Gasteiger partial charge in [0, 0.05) is 12.6 Å². The monoisotopic (exact) mass is 263 g/mol. The number of hydrogen-bond acceptors (Lipinski definition) is 4. The highest BCUT2D eigenvalue weighted by Crippen LogP contribution is 2.33. The molecule has 0 unspecified atom stereocenters. The second kappa shape index (κ2) is 4.78. The van der Waals surface area contributed by atoms with Crippen LogP contribution in [0.2, 0.25) is 0 Å². The predicted molar refractivity (Wildman–Crippen MR) is 72.3 cm³/mol. The maximum Gasteiger partial charge on any atom is 0.163 e. The van der Waals surface area contributed by atoms with Crippen LogP contribution in [0.25, 0.3) is 0 Å². The van der Waals surface area contributed by atoms with Gasteiger partial charge < -0.3 is 19.5 Å². The molecule has 0 saturated carbocycles. The first-order chi connectivity index (χ1) is 9.07. The van der Waals surface area contributed by atoms with E-state index in [0.29, 0.717) is 6.04 Å². The van der Waals surface area contributed by atoms with Gasteiger partial charge in [-0.2, -0.15) is 0 Å². The van der Waals surface area contributed by atoms with Crippen LogP contribution in [-0.2, 0) is 15.9 Å². The average molecular weight is 263 g/mol. The summed E-state index contributed by atoms with van der Waals surface area (Å²) in [5.74, 6) is 0.442. The zero-order valence-electron chi connectivity index (χ0n) is 11.7. The van der Waals surface area contributed by atoms with Crippen LogP contribution in [0.1, 0.15) is 19.4 Å². The molecule has 19 heavy (non-hydrogen) atoms. The van der Waals surface area contributed by atoms with Crippen LogP contribution >= 0.6 is 0 Å². The van der Waals surface area contributed by atoms with E-state index in [1.54, 1.807) is 7.11 Å². The number of benzene rings is 1. The number of methoxy groups -OCH3 is 1. The Bertz CT molecular complexity index is 443. The quantitative estimate of drug-likeness (QED) is 0.901. The van der Waals surface area contributed by atoms with E-state index >= 15 is 0 Å². The lowest BCUT2D eigenvalue weighted by molar-refractivity contribution is -0.152. The average Bonchev–Trinajstić information content (AvgIpc) is 2.87. The molecular weight excluding hydrogens is 242 g/mol. The van der Waals surface area contributed by atoms with E-state index < -0.39 is 5.79 Å². The molecule has 104 valence electrons. The number of nitrogens with one attached hydrogen (secondary N) is 1. The normalized spacial score (nSPS) is 32.3. The Labute approximate surface area is 114 Å². The lowest BCUT2D eigenvalue weighted by Gasteiger charge is -2.22. The second-order valence-corrected chi connectivity index (χ2v) is 5.71. The molecule has 3 atom stereocenters. The summed E-state index contributed by atoms with van der Waals surface area (Å²) in [7, 11) is 1.68. The van der Waals surface area contributed by atoms with Gasteiger partial charge in [0.25, 0.3) is 0 Å². The van der Waals surface area contributed by atoms with Crippen molar-refractivity contribution in [2.45, 2.75) is 44.3 Å². The van der Waals surface area contributed by atoms with Gasteiger partial charge in [0.15, 0.2) is 5.79 Å². The van der Waals surface area contributed by atoms with E-state index in [0.717, 1.165) is 18.7 Å². The summed E-state index contributed by atoms with van der Waals surface area (Å²) in [6.07, 6.45) is 1.28. The first-order valence-corrected chi connectivity index (χ1v) is 6.79. The lowest BCUT2D eigenvalue weighted by atomic mass is 10.0. The van der Waals surface area contributed by atoms with E-state index in [-0.39, 0.29) is 12.2 Å². The Morgan fingerprint density at radius 2 is 2.00 bits per heavy atom. The molecule has 0 amide bonds. The van der Waals surface area contributed by atoms with E-state index in [1.807, 2.05) is 26.0 Å². The molecule has 2 aliphatic heterocycles. The predicted octanol–water partition coefficient (Wildman–Crippen LogP) is 1.73. The highest BCUT2D eigenvalue weighted by atomic mass is 16.8. The van der Waals surface area contributed by atoms with Gasteiger partial charge in [0.05, 0.1) is 7.11 Å². The molecule has 0 aliphatic carbocycles. The Morgan fingerprint density at radius 3 is 2.68 bits per heavy atom. The zero-order valence-corrected chi connectivity index (χ0v) is 11.7. The molecule has 0 radical (unpaired) electrons. The van der Waals surface area contributed by atoms with Crippen molar-refractivity contribution in [3.05, 3.63) is 29.8 Å². The van der Waals surface area contributed by atoms with Crippen molar-refractivity contribution in [2.24, 2.45) is 0 Å². The van der Waals surface area contributed by atoms with Crippen LogP contribution < -0.4 is 10.1 Å². The topological polar surface area (TPSA) is 39.7 Å². The zero-order chi connectivity index (χ0) is 13.5. The Hall–Kier alpha value is -1.10. The van der Waals surface area contributed by atoms with E-state index in [1.165, 1.54) is 5.56 Å². The Morgan fingerprint density at radius 1 is 1.26 bits per heavy atom. The summed E-state index contributed by atoms with van der Waals surface area (Å²) in [5, 5.41) is 3.49. The van der Waals surface area contributed by atoms with Gasteiger partial charge in [-0.1, -0.05) is 12.1 Å². The second-order valence-electron chi connectivity index (χ2n) is 5.71. The lowest BCUT2D eigenvalue weighted by Crippen LogP contribution is -2.36. The molecular formula is C15H21NO3. The third-order valence-electron chi connectivity index (χ3n) is 3.81. The highest BCUT2D eigenvalue weighted by molar-refractivity contribution is 5.28. The van der Waals surface area contributed by atoms with E-state index in [2.05, 4.69) is 17.4 Å². The molecule has 0 bridgehead atoms. The molecule has 0 spiro atoms. The van der Waals surface area contributed by atoms with E-state index in [9.17, 15) is 0 Å². The van der Waals surface area contributed by atoms with Crippen LogP contribution in [0.3, 0.4) is 0 Å². The summed E-state index contributed by atoms with van der Waals surface area (Å²) >= 11 is 0. The first-order valence-electron chi connectivity index (χ1n) is 6.79. The fourth-order valence-electron chi connectivity index (χ4n) is 2.95. The van der Waals surface area contributed by atoms with E-state index in [4.69, 9.17) is 14.2 Å². The largest absolute Gasteiger partial charge is 0.497 e. The Kier molecular flexibility index (Phi) is 3.25. The molecule has 2 saturated heterocycles. The summed E-state index contributed by atoms with van der Waals surface area (Å²) < 4.78 is 17.0. The van der Waals surface area contributed by atoms with Crippen LogP contribution in [0.4, 0.5) is 0 Å². The van der Waals surface area contributed by atoms with Crippen molar-refractivity contribution < 1.29 is 14.2 Å². The molecule has 2 heterocycles. The van der Waals surface area contributed by atoms with Crippen LogP contribution in [-0.4, -0.2) is 37.7 Å². The third kappa shape index (κ3) is 2.61. The molecule has 1 aromatic carbocycles. The number of rotatable bonds is 3. The van der Waals surface area contributed by atoms with Crippen LogP contribution in [0.5, 0.6) is 5.75 Å². The standard InChI is InChI=1S/C15H21NO3/c1-15(2)18-13-9-16-12(14(13)19-15)8-10-4-6-11(17-3)7-5-10/h4-7,12-14,16H,8-9H2,1-3H3/t12-,13+,14-/m0/s1. The van der Waals surface area contributed by atoms with Crippen molar-refractivity contribution in [3.8, 4) is 5.75 Å². The van der Waals surface area contributed by atoms with Gasteiger partial charge >= 0.3 is 0 Å². The summed E-state index contributed by atoms with van der Waals surface area (Å²) in [4.78, 5) is 0. The summed E-state index contributed by atoms with van der Waals surface area (Å²) in [5.41, 5.74) is 1.28. The van der Waals surface area contributed by atoms with Gasteiger partial charge in [0.1, 0.15) is 18.0 Å². The minimum absolute atomic E-state index is 0.150. The Balaban J connectivity index is 1.67. The molecule has 2 aliphatic rings. The van der Waals surface area contributed by atoms with Crippen LogP contribution in [0, 0.1) is 0 Å². The van der Waals surface area contributed by atoms with Crippen molar-refractivity contribution in [1.29, 1.82) is 0 Å².